The van der Waals surface area contributed by atoms with Crippen LogP contribution in [-0.4, -0.2) is 32.1 Å². The van der Waals surface area contributed by atoms with Crippen molar-refractivity contribution in [3.05, 3.63) is 0 Å². The van der Waals surface area contributed by atoms with E-state index in [-0.39, 0.29) is 6.29 Å². The lowest BCUT2D eigenvalue weighted by Gasteiger charge is -2.21. The molecular formula is C13H29NO2. The van der Waals surface area contributed by atoms with Crippen LogP contribution in [0.15, 0.2) is 0 Å². The summed E-state index contributed by atoms with van der Waals surface area (Å²) in [6, 6.07) is 0.533. The number of nitrogens with one attached hydrogen (secondary N) is 1. The van der Waals surface area contributed by atoms with Gasteiger partial charge in [0.25, 0.3) is 0 Å². The Labute approximate surface area is 101 Å². The molecule has 3 heteroatoms. The van der Waals surface area contributed by atoms with Gasteiger partial charge in [-0.15, -0.1) is 0 Å². The van der Waals surface area contributed by atoms with E-state index in [1.54, 1.807) is 0 Å². The molecule has 0 aromatic carbocycles. The van der Waals surface area contributed by atoms with Gasteiger partial charge in [-0.25, -0.2) is 0 Å². The molecule has 0 aromatic rings. The molecule has 3 nitrogen and oxygen atoms in total. The molecule has 0 spiro atoms. The van der Waals surface area contributed by atoms with Crippen molar-refractivity contribution in [3.63, 3.8) is 0 Å². The predicted octanol–water partition coefficient (Wildman–Crippen LogP) is 2.80. The molecule has 0 saturated carbocycles. The lowest BCUT2D eigenvalue weighted by Crippen LogP contribution is -2.36. The van der Waals surface area contributed by atoms with Gasteiger partial charge in [0.05, 0.1) is 0 Å². The molecular weight excluding hydrogens is 202 g/mol. The zero-order chi connectivity index (χ0) is 12.4. The topological polar surface area (TPSA) is 30.5 Å². The van der Waals surface area contributed by atoms with Crippen LogP contribution in [0.3, 0.4) is 0 Å². The van der Waals surface area contributed by atoms with Gasteiger partial charge in [0.15, 0.2) is 6.29 Å². The van der Waals surface area contributed by atoms with Crippen molar-refractivity contribution in [2.75, 3.05) is 19.8 Å². The summed E-state index contributed by atoms with van der Waals surface area (Å²) >= 11 is 0. The maximum absolute atomic E-state index is 5.47. The molecule has 0 aliphatic carbocycles. The zero-order valence-electron chi connectivity index (χ0n) is 11.6. The average molecular weight is 231 g/mol. The third kappa shape index (κ3) is 9.13. The van der Waals surface area contributed by atoms with Gasteiger partial charge in [-0.1, -0.05) is 13.8 Å². The summed E-state index contributed by atoms with van der Waals surface area (Å²) in [5, 5.41) is 3.46. The summed E-state index contributed by atoms with van der Waals surface area (Å²) in [7, 11) is 0. The van der Waals surface area contributed by atoms with Crippen LogP contribution < -0.4 is 5.32 Å². The monoisotopic (exact) mass is 231 g/mol. The van der Waals surface area contributed by atoms with Crippen molar-refractivity contribution < 1.29 is 9.47 Å². The highest BCUT2D eigenvalue weighted by Crippen LogP contribution is 2.06. The van der Waals surface area contributed by atoms with Crippen molar-refractivity contribution in [2.24, 2.45) is 5.92 Å². The van der Waals surface area contributed by atoms with E-state index in [4.69, 9.17) is 9.47 Å². The molecule has 0 radical (unpaired) electrons. The van der Waals surface area contributed by atoms with E-state index in [1.165, 1.54) is 12.8 Å². The Bertz CT molecular complexity index is 145. The van der Waals surface area contributed by atoms with Gasteiger partial charge in [0.2, 0.25) is 0 Å². The summed E-state index contributed by atoms with van der Waals surface area (Å²) in [5.74, 6) is 0.777. The van der Waals surface area contributed by atoms with E-state index >= 15 is 0 Å². The molecule has 1 unspecified atom stereocenters. The normalized spacial score (nSPS) is 13.7. The zero-order valence-corrected chi connectivity index (χ0v) is 11.6. The molecule has 0 saturated heterocycles. The van der Waals surface area contributed by atoms with Gasteiger partial charge < -0.3 is 14.8 Å². The minimum atomic E-state index is -0.100. The number of hydrogen-bond donors (Lipinski definition) is 1. The Kier molecular flexibility index (Phi) is 9.99. The molecule has 16 heavy (non-hydrogen) atoms. The average Bonchev–Trinajstić information content (AvgIpc) is 2.23. The highest BCUT2D eigenvalue weighted by atomic mass is 16.7. The second-order valence-electron chi connectivity index (χ2n) is 4.62. The van der Waals surface area contributed by atoms with Gasteiger partial charge in [-0.3, -0.25) is 0 Å². The third-order valence-electron chi connectivity index (χ3n) is 2.52. The Morgan fingerprint density at radius 2 is 1.50 bits per heavy atom. The Morgan fingerprint density at radius 3 is 1.94 bits per heavy atom. The molecule has 98 valence electrons. The predicted molar refractivity (Wildman–Crippen MR) is 68.6 cm³/mol. The minimum Gasteiger partial charge on any atom is -0.352 e. The fourth-order valence-electron chi connectivity index (χ4n) is 1.52. The molecule has 0 aliphatic rings. The number of hydrogen-bond acceptors (Lipinski definition) is 3. The maximum Gasteiger partial charge on any atom is 0.169 e. The quantitative estimate of drug-likeness (QED) is 0.586. The van der Waals surface area contributed by atoms with Crippen LogP contribution in [0.2, 0.25) is 0 Å². The first-order valence-electron chi connectivity index (χ1n) is 6.56. The van der Waals surface area contributed by atoms with E-state index in [1.807, 2.05) is 13.8 Å². The molecule has 0 aliphatic heterocycles. The first-order chi connectivity index (χ1) is 7.60. The summed E-state index contributed by atoms with van der Waals surface area (Å²) in [6.07, 6.45) is 2.38. The number of ether oxygens (including phenoxy) is 2. The number of rotatable bonds is 10. The summed E-state index contributed by atoms with van der Waals surface area (Å²) in [6.45, 7) is 12.9. The standard InChI is InChI=1S/C13H29NO2/c1-6-15-13(16-7-2)10-14-12(5)9-8-11(3)4/h11-14H,6-10H2,1-5H3. The lowest BCUT2D eigenvalue weighted by molar-refractivity contribution is -0.133. The molecule has 0 aromatic heterocycles. The molecule has 1 N–H and O–H groups in total. The molecule has 0 heterocycles. The van der Waals surface area contributed by atoms with Crippen molar-refractivity contribution in [1.82, 2.24) is 5.32 Å². The minimum absolute atomic E-state index is 0.100. The first kappa shape index (κ1) is 15.9. The largest absolute Gasteiger partial charge is 0.352 e. The summed E-state index contributed by atoms with van der Waals surface area (Å²) in [4.78, 5) is 0. The fraction of sp³-hybridized carbons (Fsp3) is 1.00. The van der Waals surface area contributed by atoms with E-state index in [0.29, 0.717) is 19.3 Å². The van der Waals surface area contributed by atoms with Crippen LogP contribution in [0.5, 0.6) is 0 Å². The van der Waals surface area contributed by atoms with Crippen LogP contribution in [0.1, 0.15) is 47.5 Å². The Morgan fingerprint density at radius 1 is 0.938 bits per heavy atom. The SMILES string of the molecule is CCOC(CNC(C)CCC(C)C)OCC. The lowest BCUT2D eigenvalue weighted by atomic mass is 10.0. The Hall–Kier alpha value is -0.120. The second kappa shape index (κ2) is 10.1. The molecule has 1 atom stereocenters. The highest BCUT2D eigenvalue weighted by molar-refractivity contribution is 4.63. The van der Waals surface area contributed by atoms with E-state index in [9.17, 15) is 0 Å². The van der Waals surface area contributed by atoms with Gasteiger partial charge in [0.1, 0.15) is 0 Å². The van der Waals surface area contributed by atoms with Crippen LogP contribution in [0, 0.1) is 5.92 Å². The van der Waals surface area contributed by atoms with Crippen LogP contribution in [-0.2, 0) is 9.47 Å². The van der Waals surface area contributed by atoms with E-state index < -0.39 is 0 Å². The highest BCUT2D eigenvalue weighted by Gasteiger charge is 2.10. The summed E-state index contributed by atoms with van der Waals surface area (Å²) < 4.78 is 10.9. The molecule has 0 bridgehead atoms. The van der Waals surface area contributed by atoms with Gasteiger partial charge >= 0.3 is 0 Å². The second-order valence-corrected chi connectivity index (χ2v) is 4.62. The van der Waals surface area contributed by atoms with Crippen LogP contribution >= 0.6 is 0 Å². The first-order valence-corrected chi connectivity index (χ1v) is 6.56. The van der Waals surface area contributed by atoms with Crippen molar-refractivity contribution in [2.45, 2.75) is 59.8 Å². The molecule has 0 fully saturated rings. The maximum atomic E-state index is 5.47. The molecule has 0 rings (SSSR count). The summed E-state index contributed by atoms with van der Waals surface area (Å²) in [5.41, 5.74) is 0. The van der Waals surface area contributed by atoms with Crippen molar-refractivity contribution in [3.8, 4) is 0 Å². The molecule has 0 amide bonds. The van der Waals surface area contributed by atoms with Crippen LogP contribution in [0.25, 0.3) is 0 Å². The van der Waals surface area contributed by atoms with Crippen LogP contribution in [0.4, 0.5) is 0 Å². The van der Waals surface area contributed by atoms with Gasteiger partial charge in [0, 0.05) is 25.8 Å². The Balaban J connectivity index is 3.64. The van der Waals surface area contributed by atoms with Crippen molar-refractivity contribution >= 4 is 0 Å². The van der Waals surface area contributed by atoms with E-state index in [2.05, 4.69) is 26.1 Å². The van der Waals surface area contributed by atoms with Gasteiger partial charge in [-0.05, 0) is 39.5 Å². The van der Waals surface area contributed by atoms with E-state index in [0.717, 1.165) is 12.5 Å². The third-order valence-corrected chi connectivity index (χ3v) is 2.52. The van der Waals surface area contributed by atoms with Crippen molar-refractivity contribution in [1.29, 1.82) is 0 Å². The fourth-order valence-corrected chi connectivity index (χ4v) is 1.52. The van der Waals surface area contributed by atoms with Gasteiger partial charge in [-0.2, -0.15) is 0 Å². The smallest absolute Gasteiger partial charge is 0.169 e.